The van der Waals surface area contributed by atoms with Crippen LogP contribution < -0.4 is 10.1 Å². The number of anilines is 1. The Balaban J connectivity index is 1.41. The van der Waals surface area contributed by atoms with E-state index in [2.05, 4.69) is 11.4 Å². The highest BCUT2D eigenvalue weighted by atomic mass is 35.5. The molecule has 1 amide bonds. The minimum absolute atomic E-state index is 0.0171. The lowest BCUT2D eigenvalue weighted by atomic mass is 9.92. The van der Waals surface area contributed by atoms with Crippen molar-refractivity contribution >= 4 is 45.7 Å². The van der Waals surface area contributed by atoms with E-state index in [1.54, 1.807) is 12.3 Å². The molecule has 2 aliphatic rings. The van der Waals surface area contributed by atoms with Gasteiger partial charge in [-0.3, -0.25) is 9.78 Å². The van der Waals surface area contributed by atoms with Gasteiger partial charge in [0.05, 0.1) is 29.9 Å². The van der Waals surface area contributed by atoms with Gasteiger partial charge in [0, 0.05) is 26.6 Å². The van der Waals surface area contributed by atoms with Crippen LogP contribution in [-0.2, 0) is 4.79 Å². The minimum Gasteiger partial charge on any atom is -0.493 e. The van der Waals surface area contributed by atoms with Crippen LogP contribution in [0, 0.1) is 0 Å². The van der Waals surface area contributed by atoms with Gasteiger partial charge in [-0.25, -0.2) is 0 Å². The summed E-state index contributed by atoms with van der Waals surface area (Å²) in [5.74, 6) is 0.947. The van der Waals surface area contributed by atoms with Gasteiger partial charge in [-0.2, -0.15) is 0 Å². The first-order valence-electron chi connectivity index (χ1n) is 11.5. The standard InChI is InChI=1S/C28H22Cl2N2O2/c29-18-12-17(13-19(30)14-18)20-5-3-6-23-26(16-8-9-16)24(15-31-27(20)23)32-28(33)22-10-11-34-25-7-2-1-4-21(22)25/h1-7,12-16,22H,8-11H2,(H,32,33)/t22-/m1/s1. The number of hydrogen-bond acceptors (Lipinski definition) is 3. The minimum atomic E-state index is -0.243. The van der Waals surface area contributed by atoms with E-state index >= 15 is 0 Å². The van der Waals surface area contributed by atoms with Crippen molar-refractivity contribution in [3.05, 3.63) is 88.0 Å². The first-order valence-corrected chi connectivity index (χ1v) is 12.2. The number of aromatic nitrogens is 1. The molecule has 4 aromatic rings. The number of hydrogen-bond donors (Lipinski definition) is 1. The number of halogens is 2. The zero-order valence-electron chi connectivity index (χ0n) is 18.4. The first-order chi connectivity index (χ1) is 16.6. The predicted molar refractivity (Wildman–Crippen MR) is 137 cm³/mol. The summed E-state index contributed by atoms with van der Waals surface area (Å²) in [5, 5.41) is 5.44. The lowest BCUT2D eigenvalue weighted by molar-refractivity contribution is -0.118. The topological polar surface area (TPSA) is 51.2 Å². The fourth-order valence-corrected chi connectivity index (χ4v) is 5.46. The molecule has 1 saturated carbocycles. The van der Waals surface area contributed by atoms with Crippen LogP contribution in [0.5, 0.6) is 5.75 Å². The van der Waals surface area contributed by atoms with Gasteiger partial charge in [0.15, 0.2) is 0 Å². The molecule has 1 atom stereocenters. The van der Waals surface area contributed by atoms with Crippen molar-refractivity contribution in [3.63, 3.8) is 0 Å². The van der Waals surface area contributed by atoms with Crippen LogP contribution >= 0.6 is 23.2 Å². The lowest BCUT2D eigenvalue weighted by Crippen LogP contribution is -2.27. The molecule has 0 saturated heterocycles. The molecular weight excluding hydrogens is 467 g/mol. The summed E-state index contributed by atoms with van der Waals surface area (Å²) in [6.07, 6.45) is 4.67. The predicted octanol–water partition coefficient (Wildman–Crippen LogP) is 7.59. The maximum Gasteiger partial charge on any atom is 0.232 e. The highest BCUT2D eigenvalue weighted by Gasteiger charge is 2.32. The van der Waals surface area contributed by atoms with Crippen molar-refractivity contribution in [2.45, 2.75) is 31.1 Å². The zero-order chi connectivity index (χ0) is 23.2. The number of fused-ring (bicyclic) bond motifs is 2. The van der Waals surface area contributed by atoms with E-state index in [0.717, 1.165) is 57.4 Å². The molecule has 1 fully saturated rings. The van der Waals surface area contributed by atoms with Gasteiger partial charge < -0.3 is 10.1 Å². The molecule has 6 heteroatoms. The molecule has 1 N–H and O–H groups in total. The Morgan fingerprint density at radius 3 is 2.56 bits per heavy atom. The lowest BCUT2D eigenvalue weighted by Gasteiger charge is -2.25. The largest absolute Gasteiger partial charge is 0.493 e. The number of carbonyl (C=O) groups is 1. The van der Waals surface area contributed by atoms with E-state index in [9.17, 15) is 4.79 Å². The molecule has 1 aromatic heterocycles. The third-order valence-electron chi connectivity index (χ3n) is 6.63. The first kappa shape index (κ1) is 21.5. The summed E-state index contributed by atoms with van der Waals surface area (Å²) in [6, 6.07) is 19.5. The van der Waals surface area contributed by atoms with Gasteiger partial charge in [-0.1, -0.05) is 59.6 Å². The molecule has 3 aromatic carbocycles. The molecule has 0 unspecified atom stereocenters. The van der Waals surface area contributed by atoms with Crippen LogP contribution in [0.2, 0.25) is 10.0 Å². The van der Waals surface area contributed by atoms with Crippen LogP contribution in [0.1, 0.15) is 42.2 Å². The maximum absolute atomic E-state index is 13.4. The third kappa shape index (κ3) is 3.91. The van der Waals surface area contributed by atoms with Gasteiger partial charge >= 0.3 is 0 Å². The number of nitrogens with one attached hydrogen (secondary N) is 1. The van der Waals surface area contributed by atoms with Crippen molar-refractivity contribution in [1.82, 2.24) is 4.98 Å². The number of amides is 1. The molecule has 0 spiro atoms. The van der Waals surface area contributed by atoms with Gasteiger partial charge in [-0.05, 0) is 60.6 Å². The third-order valence-corrected chi connectivity index (χ3v) is 7.07. The van der Waals surface area contributed by atoms with Crippen molar-refractivity contribution in [2.24, 2.45) is 0 Å². The second-order valence-corrected chi connectivity index (χ2v) is 9.81. The monoisotopic (exact) mass is 488 g/mol. The summed E-state index contributed by atoms with van der Waals surface area (Å²) in [4.78, 5) is 18.2. The van der Waals surface area contributed by atoms with E-state index in [1.807, 2.05) is 48.5 Å². The summed E-state index contributed by atoms with van der Waals surface area (Å²) in [5.41, 5.74) is 5.68. The molecule has 6 rings (SSSR count). The quantitative estimate of drug-likeness (QED) is 0.321. The van der Waals surface area contributed by atoms with E-state index < -0.39 is 0 Å². The van der Waals surface area contributed by atoms with Gasteiger partial charge in [-0.15, -0.1) is 0 Å². The van der Waals surface area contributed by atoms with Crippen LogP contribution in [0.15, 0.2) is 66.9 Å². The Morgan fingerprint density at radius 2 is 1.76 bits per heavy atom. The van der Waals surface area contributed by atoms with Gasteiger partial charge in [0.1, 0.15) is 5.75 Å². The van der Waals surface area contributed by atoms with E-state index in [4.69, 9.17) is 32.9 Å². The molecular formula is C28H22Cl2N2O2. The molecule has 170 valence electrons. The number of pyridine rings is 1. The molecule has 4 nitrogen and oxygen atoms in total. The summed E-state index contributed by atoms with van der Waals surface area (Å²) < 4.78 is 5.74. The maximum atomic E-state index is 13.4. The average molecular weight is 489 g/mol. The smallest absolute Gasteiger partial charge is 0.232 e. The van der Waals surface area contributed by atoms with Crippen LogP contribution in [0.4, 0.5) is 5.69 Å². The van der Waals surface area contributed by atoms with Crippen LogP contribution in [0.3, 0.4) is 0 Å². The Labute approximate surface area is 207 Å². The number of ether oxygens (including phenoxy) is 1. The Morgan fingerprint density at radius 1 is 0.971 bits per heavy atom. The van der Waals surface area contributed by atoms with E-state index in [0.29, 0.717) is 29.0 Å². The summed E-state index contributed by atoms with van der Waals surface area (Å²) >= 11 is 12.5. The van der Waals surface area contributed by atoms with Crippen molar-refractivity contribution < 1.29 is 9.53 Å². The highest BCUT2D eigenvalue weighted by Crippen LogP contribution is 2.48. The Kier molecular flexibility index (Phi) is 5.43. The SMILES string of the molecule is O=C(Nc1cnc2c(-c3cc(Cl)cc(Cl)c3)cccc2c1C1CC1)[C@@H]1CCOc2ccccc21. The number of rotatable bonds is 4. The normalized spacial score (nSPS) is 17.2. The zero-order valence-corrected chi connectivity index (χ0v) is 19.9. The second-order valence-electron chi connectivity index (χ2n) is 8.94. The molecule has 2 heterocycles. The number of benzene rings is 3. The Bertz CT molecular complexity index is 1410. The fraction of sp³-hybridized carbons (Fsp3) is 0.214. The van der Waals surface area contributed by atoms with E-state index in [-0.39, 0.29) is 11.8 Å². The molecule has 0 radical (unpaired) electrons. The fourth-order valence-electron chi connectivity index (χ4n) is 4.93. The van der Waals surface area contributed by atoms with Crippen molar-refractivity contribution in [1.29, 1.82) is 0 Å². The summed E-state index contributed by atoms with van der Waals surface area (Å²) in [6.45, 7) is 0.534. The van der Waals surface area contributed by atoms with Gasteiger partial charge in [0.2, 0.25) is 5.91 Å². The highest BCUT2D eigenvalue weighted by molar-refractivity contribution is 6.35. The van der Waals surface area contributed by atoms with E-state index in [1.165, 1.54) is 0 Å². The summed E-state index contributed by atoms with van der Waals surface area (Å²) in [7, 11) is 0. The average Bonchev–Trinajstić information content (AvgIpc) is 3.67. The Hall–Kier alpha value is -3.08. The molecule has 0 bridgehead atoms. The van der Waals surface area contributed by atoms with Gasteiger partial charge in [0.25, 0.3) is 0 Å². The number of carbonyl (C=O) groups excluding carboxylic acids is 1. The molecule has 1 aliphatic heterocycles. The molecule has 1 aliphatic carbocycles. The van der Waals surface area contributed by atoms with Crippen molar-refractivity contribution in [2.75, 3.05) is 11.9 Å². The number of nitrogens with zero attached hydrogens (tertiary/aromatic N) is 1. The molecule has 34 heavy (non-hydrogen) atoms. The number of para-hydroxylation sites is 2. The second kappa shape index (κ2) is 8.61. The van der Waals surface area contributed by atoms with Crippen molar-refractivity contribution in [3.8, 4) is 16.9 Å². The van der Waals surface area contributed by atoms with Crippen LogP contribution in [-0.4, -0.2) is 17.5 Å². The van der Waals surface area contributed by atoms with Crippen LogP contribution in [0.25, 0.3) is 22.0 Å².